The fraction of sp³-hybridized carbons (Fsp3) is 0.452. The van der Waals surface area contributed by atoms with Crippen LogP contribution in [0.25, 0.3) is 6.08 Å². The summed E-state index contributed by atoms with van der Waals surface area (Å²) >= 11 is 0.898. The van der Waals surface area contributed by atoms with Crippen LogP contribution in [0.4, 0.5) is 4.79 Å². The molecule has 40 heavy (non-hydrogen) atoms. The molecule has 3 amide bonds. The first-order chi connectivity index (χ1) is 19.1. The van der Waals surface area contributed by atoms with E-state index in [1.54, 1.807) is 6.08 Å². The molecular weight excluding hydrogens is 528 g/mol. The number of carbonyl (C=O) groups excluding carboxylic acids is 3. The van der Waals surface area contributed by atoms with Gasteiger partial charge in [-0.25, -0.2) is 0 Å². The number of hydrogen-bond acceptors (Lipinski definition) is 7. The predicted molar refractivity (Wildman–Crippen MR) is 155 cm³/mol. The number of imide groups is 1. The molecule has 3 aliphatic rings. The molecule has 2 saturated heterocycles. The second kappa shape index (κ2) is 11.6. The van der Waals surface area contributed by atoms with E-state index in [9.17, 15) is 14.4 Å². The highest BCUT2D eigenvalue weighted by Gasteiger charge is 2.36. The summed E-state index contributed by atoms with van der Waals surface area (Å²) in [7, 11) is 0. The van der Waals surface area contributed by atoms with Crippen LogP contribution in [-0.4, -0.2) is 53.9 Å². The summed E-state index contributed by atoms with van der Waals surface area (Å²) in [4.78, 5) is 38.1. The molecule has 2 aromatic rings. The van der Waals surface area contributed by atoms with E-state index in [2.05, 4.69) is 19.2 Å². The maximum Gasteiger partial charge on any atom is 0.290 e. The number of amides is 3. The third kappa shape index (κ3) is 5.99. The van der Waals surface area contributed by atoms with Gasteiger partial charge < -0.3 is 19.1 Å². The number of nitrogens with zero attached hydrogens (tertiary/aromatic N) is 1. The van der Waals surface area contributed by atoms with Crippen molar-refractivity contribution in [3.05, 3.63) is 57.0 Å². The molecule has 3 heterocycles. The molecule has 2 fully saturated rings. The van der Waals surface area contributed by atoms with Crippen molar-refractivity contribution in [2.75, 3.05) is 26.3 Å². The van der Waals surface area contributed by atoms with Gasteiger partial charge in [-0.15, -0.1) is 0 Å². The van der Waals surface area contributed by atoms with Crippen molar-refractivity contribution in [1.82, 2.24) is 10.2 Å². The average molecular weight is 565 g/mol. The summed E-state index contributed by atoms with van der Waals surface area (Å²) in [6.45, 7) is 10.3. The van der Waals surface area contributed by atoms with Crippen LogP contribution in [0, 0.1) is 20.8 Å². The molecule has 0 radical (unpaired) electrons. The number of benzene rings is 2. The van der Waals surface area contributed by atoms with Crippen LogP contribution in [0.2, 0.25) is 0 Å². The number of fused-ring (bicyclic) bond motifs is 1. The Bertz CT molecular complexity index is 1360. The Morgan fingerprint density at radius 1 is 1.05 bits per heavy atom. The largest absolute Gasteiger partial charge is 0.489 e. The SMILES string of the molecule is Cc1c(C)c2c(c(C)c1OCC(=O)N1CCCCC1)CCC(C)(COc1ccc(C=C3SC(=O)NC3=O)cc1)O2. The molecule has 0 bridgehead atoms. The molecule has 0 aliphatic carbocycles. The fourth-order valence-corrected chi connectivity index (χ4v) is 6.12. The summed E-state index contributed by atoms with van der Waals surface area (Å²) in [5.74, 6) is 2.05. The van der Waals surface area contributed by atoms with Gasteiger partial charge in [0.2, 0.25) is 0 Å². The number of rotatable bonds is 7. The highest BCUT2D eigenvalue weighted by Crippen LogP contribution is 2.44. The van der Waals surface area contributed by atoms with Crippen LogP contribution in [0.1, 0.15) is 60.4 Å². The first kappa shape index (κ1) is 28.1. The summed E-state index contributed by atoms with van der Waals surface area (Å²) in [6.07, 6.45) is 6.60. The van der Waals surface area contributed by atoms with Gasteiger partial charge in [0.25, 0.3) is 17.1 Å². The lowest BCUT2D eigenvalue weighted by atomic mass is 9.87. The Labute approximate surface area is 239 Å². The Morgan fingerprint density at radius 2 is 1.77 bits per heavy atom. The lowest BCUT2D eigenvalue weighted by Gasteiger charge is -2.38. The monoisotopic (exact) mass is 564 g/mol. The quantitative estimate of drug-likeness (QED) is 0.445. The van der Waals surface area contributed by atoms with Crippen LogP contribution < -0.4 is 19.5 Å². The minimum atomic E-state index is -0.511. The van der Waals surface area contributed by atoms with Crippen molar-refractivity contribution in [3.8, 4) is 17.2 Å². The molecule has 9 heteroatoms. The number of carbonyl (C=O) groups is 3. The maximum absolute atomic E-state index is 12.7. The minimum Gasteiger partial charge on any atom is -0.489 e. The van der Waals surface area contributed by atoms with Crippen molar-refractivity contribution in [1.29, 1.82) is 0 Å². The smallest absolute Gasteiger partial charge is 0.290 e. The normalized spacial score (nSPS) is 21.6. The van der Waals surface area contributed by atoms with Crippen molar-refractivity contribution in [2.45, 2.75) is 65.4 Å². The molecule has 1 atom stereocenters. The van der Waals surface area contributed by atoms with Gasteiger partial charge in [0.05, 0.1) is 4.91 Å². The molecule has 5 rings (SSSR count). The average Bonchev–Trinajstić information content (AvgIpc) is 3.27. The number of ether oxygens (including phenoxy) is 3. The molecular formula is C31H36N2O6S. The van der Waals surface area contributed by atoms with Gasteiger partial charge >= 0.3 is 0 Å². The number of likely N-dealkylation sites (tertiary alicyclic amines) is 1. The predicted octanol–water partition coefficient (Wildman–Crippen LogP) is 5.49. The molecule has 212 valence electrons. The van der Waals surface area contributed by atoms with Gasteiger partial charge in [0, 0.05) is 18.7 Å². The first-order valence-electron chi connectivity index (χ1n) is 13.8. The third-order valence-electron chi connectivity index (χ3n) is 7.98. The van der Waals surface area contributed by atoms with Gasteiger partial charge in [0.15, 0.2) is 6.61 Å². The molecule has 0 aromatic heterocycles. The molecule has 0 saturated carbocycles. The topological polar surface area (TPSA) is 94.2 Å². The van der Waals surface area contributed by atoms with E-state index in [0.717, 1.165) is 89.9 Å². The second-order valence-corrected chi connectivity index (χ2v) is 12.0. The second-order valence-electron chi connectivity index (χ2n) is 11.0. The zero-order chi connectivity index (χ0) is 28.4. The highest BCUT2D eigenvalue weighted by molar-refractivity contribution is 8.18. The molecule has 2 aromatic carbocycles. The van der Waals surface area contributed by atoms with E-state index in [0.29, 0.717) is 17.3 Å². The standard InChI is InChI=1S/C31H36N2O6S/c1-19-20(2)28-24(21(3)27(19)37-17-26(34)33-14-6-5-7-15-33)12-13-31(4,39-28)18-38-23-10-8-22(9-11-23)16-25-29(35)32-30(36)40-25/h8-11,16H,5-7,12-15,17-18H2,1-4H3,(H,32,35,36). The zero-order valence-electron chi connectivity index (χ0n) is 23.6. The Balaban J connectivity index is 1.23. The van der Waals surface area contributed by atoms with E-state index in [1.807, 2.05) is 43.0 Å². The van der Waals surface area contributed by atoms with E-state index < -0.39 is 5.60 Å². The molecule has 1 unspecified atom stereocenters. The molecule has 1 N–H and O–H groups in total. The molecule has 0 spiro atoms. The van der Waals surface area contributed by atoms with Gasteiger partial charge in [-0.1, -0.05) is 12.1 Å². The van der Waals surface area contributed by atoms with Gasteiger partial charge in [-0.3, -0.25) is 19.7 Å². The van der Waals surface area contributed by atoms with Crippen LogP contribution in [-0.2, 0) is 16.0 Å². The lowest BCUT2D eigenvalue weighted by molar-refractivity contribution is -0.134. The number of piperidine rings is 1. The van der Waals surface area contributed by atoms with Crippen molar-refractivity contribution < 1.29 is 28.6 Å². The van der Waals surface area contributed by atoms with Crippen LogP contribution in [0.3, 0.4) is 0 Å². The van der Waals surface area contributed by atoms with Crippen LogP contribution in [0.15, 0.2) is 29.2 Å². The van der Waals surface area contributed by atoms with Gasteiger partial charge in [-0.05, 0) is 112 Å². The van der Waals surface area contributed by atoms with E-state index in [1.165, 1.54) is 6.42 Å². The number of hydrogen-bond donors (Lipinski definition) is 1. The summed E-state index contributed by atoms with van der Waals surface area (Å²) < 4.78 is 18.9. The van der Waals surface area contributed by atoms with Crippen molar-refractivity contribution in [3.63, 3.8) is 0 Å². The highest BCUT2D eigenvalue weighted by atomic mass is 32.2. The summed E-state index contributed by atoms with van der Waals surface area (Å²) in [5.41, 5.74) is 4.48. The Hall–Kier alpha value is -3.46. The van der Waals surface area contributed by atoms with E-state index >= 15 is 0 Å². The summed E-state index contributed by atoms with van der Waals surface area (Å²) in [5, 5.41) is 1.90. The van der Waals surface area contributed by atoms with Crippen molar-refractivity contribution >= 4 is 34.9 Å². The van der Waals surface area contributed by atoms with Crippen LogP contribution in [0.5, 0.6) is 17.2 Å². The summed E-state index contributed by atoms with van der Waals surface area (Å²) in [6, 6.07) is 7.40. The van der Waals surface area contributed by atoms with Crippen molar-refractivity contribution in [2.24, 2.45) is 0 Å². The Kier molecular flexibility index (Phi) is 8.12. The van der Waals surface area contributed by atoms with Gasteiger partial charge in [-0.2, -0.15) is 0 Å². The molecule has 8 nitrogen and oxygen atoms in total. The maximum atomic E-state index is 12.7. The minimum absolute atomic E-state index is 0.0533. The fourth-order valence-electron chi connectivity index (χ4n) is 5.44. The molecule has 3 aliphatic heterocycles. The van der Waals surface area contributed by atoms with Gasteiger partial charge in [0.1, 0.15) is 29.5 Å². The van der Waals surface area contributed by atoms with E-state index in [-0.39, 0.29) is 23.7 Å². The van der Waals surface area contributed by atoms with E-state index in [4.69, 9.17) is 14.2 Å². The number of nitrogens with one attached hydrogen (secondary N) is 1. The zero-order valence-corrected chi connectivity index (χ0v) is 24.4. The first-order valence-corrected chi connectivity index (χ1v) is 14.6. The Morgan fingerprint density at radius 3 is 2.45 bits per heavy atom. The van der Waals surface area contributed by atoms with Crippen LogP contribution >= 0.6 is 11.8 Å². The number of thioether (sulfide) groups is 1. The lowest BCUT2D eigenvalue weighted by Crippen LogP contribution is -2.42. The third-order valence-corrected chi connectivity index (χ3v) is 8.79.